The fourth-order valence-corrected chi connectivity index (χ4v) is 4.28. The second-order valence-corrected chi connectivity index (χ2v) is 9.21. The van der Waals surface area contributed by atoms with Gasteiger partial charge in [0.15, 0.2) is 17.2 Å². The van der Waals surface area contributed by atoms with E-state index in [-0.39, 0.29) is 27.9 Å². The van der Waals surface area contributed by atoms with E-state index in [2.05, 4.69) is 27.6 Å². The van der Waals surface area contributed by atoms with Gasteiger partial charge in [0.1, 0.15) is 6.61 Å². The zero-order valence-corrected chi connectivity index (χ0v) is 21.6. The van der Waals surface area contributed by atoms with Gasteiger partial charge in [0, 0.05) is 17.2 Å². The van der Waals surface area contributed by atoms with E-state index in [1.165, 1.54) is 31.4 Å². The van der Waals surface area contributed by atoms with Crippen molar-refractivity contribution >= 4 is 69.4 Å². The Morgan fingerprint density at radius 2 is 1.89 bits per heavy atom. The van der Waals surface area contributed by atoms with Crippen LogP contribution in [0.25, 0.3) is 6.08 Å². The molecule has 0 radical (unpaired) electrons. The lowest BCUT2D eigenvalue weighted by Gasteiger charge is -2.14. The largest absolute Gasteiger partial charge is 0.493 e. The average Bonchev–Trinajstić information content (AvgIpc) is 3.19. The van der Waals surface area contributed by atoms with Crippen LogP contribution in [0.4, 0.5) is 5.69 Å². The third-order valence-corrected chi connectivity index (χ3v) is 6.25. The van der Waals surface area contributed by atoms with Crippen LogP contribution < -0.4 is 9.47 Å². The second kappa shape index (κ2) is 10.6. The van der Waals surface area contributed by atoms with Crippen molar-refractivity contribution in [1.29, 1.82) is 0 Å². The lowest BCUT2D eigenvalue weighted by molar-refractivity contribution is -0.384. The first-order chi connectivity index (χ1) is 16.7. The van der Waals surface area contributed by atoms with Gasteiger partial charge in [-0.25, -0.2) is 9.79 Å². The lowest BCUT2D eigenvalue weighted by Crippen LogP contribution is -2.06. The minimum atomic E-state index is -0.709. The fourth-order valence-electron chi connectivity index (χ4n) is 3.17. The molecule has 3 aromatic carbocycles. The molecule has 8 nitrogen and oxygen atoms in total. The first kappa shape index (κ1) is 25.0. The van der Waals surface area contributed by atoms with Crippen molar-refractivity contribution in [3.63, 3.8) is 0 Å². The van der Waals surface area contributed by atoms with Gasteiger partial charge in [0.2, 0.25) is 5.90 Å². The van der Waals surface area contributed by atoms with E-state index < -0.39 is 10.9 Å². The Balaban J connectivity index is 1.61. The molecule has 178 valence electrons. The number of non-ortho nitro benzene ring substituents is 1. The van der Waals surface area contributed by atoms with E-state index in [1.807, 2.05) is 12.1 Å². The maximum atomic E-state index is 12.4. The molecule has 0 N–H and O–H groups in total. The van der Waals surface area contributed by atoms with Crippen LogP contribution in [0.3, 0.4) is 0 Å². The molecule has 35 heavy (non-hydrogen) atoms. The van der Waals surface area contributed by atoms with E-state index in [9.17, 15) is 14.9 Å². The fraction of sp³-hybridized carbons (Fsp3) is 0.0833. The van der Waals surface area contributed by atoms with Gasteiger partial charge in [-0.2, -0.15) is 0 Å². The Morgan fingerprint density at radius 3 is 2.57 bits per heavy atom. The van der Waals surface area contributed by atoms with Crippen LogP contribution in [0.1, 0.15) is 16.7 Å². The second-order valence-electron chi connectivity index (χ2n) is 7.21. The molecule has 4 rings (SSSR count). The number of cyclic esters (lactones) is 1. The summed E-state index contributed by atoms with van der Waals surface area (Å²) in [5.41, 5.74) is 1.51. The molecule has 1 aliphatic heterocycles. The Hall–Kier alpha value is -3.15. The predicted molar refractivity (Wildman–Crippen MR) is 140 cm³/mol. The molecule has 0 unspecified atom stereocenters. The summed E-state index contributed by atoms with van der Waals surface area (Å²) in [4.78, 5) is 27.1. The molecule has 0 saturated heterocycles. The SMILES string of the molecule is COc1cc(/C=C2\N=C(c3cc([N+](=O)[O-])ccc3Cl)OC2=O)cc(I)c1OCc1ccc(Cl)cc1. The number of aliphatic imine (C=N–C) groups is 1. The maximum Gasteiger partial charge on any atom is 0.363 e. The van der Waals surface area contributed by atoms with Crippen molar-refractivity contribution in [3.05, 3.63) is 101 Å². The molecular weight excluding hydrogens is 610 g/mol. The summed E-state index contributed by atoms with van der Waals surface area (Å²) < 4.78 is 17.4. The summed E-state index contributed by atoms with van der Waals surface area (Å²) >= 11 is 14.2. The third-order valence-electron chi connectivity index (χ3n) is 4.86. The molecule has 0 aliphatic carbocycles. The molecular formula is C24H15Cl2IN2O6. The third kappa shape index (κ3) is 5.75. The van der Waals surface area contributed by atoms with Gasteiger partial charge in [-0.15, -0.1) is 0 Å². The number of ether oxygens (including phenoxy) is 3. The molecule has 0 atom stereocenters. The summed E-state index contributed by atoms with van der Waals surface area (Å²) in [7, 11) is 1.52. The zero-order valence-electron chi connectivity index (χ0n) is 18.0. The number of nitrogens with zero attached hydrogens (tertiary/aromatic N) is 2. The molecule has 0 bridgehead atoms. The molecule has 0 fully saturated rings. The van der Waals surface area contributed by atoms with Gasteiger partial charge in [-0.1, -0.05) is 35.3 Å². The number of halogens is 3. The highest BCUT2D eigenvalue weighted by molar-refractivity contribution is 14.1. The molecule has 0 saturated carbocycles. The number of hydrogen-bond donors (Lipinski definition) is 0. The standard InChI is InChI=1S/C24H15Cl2IN2O6/c1-33-21-10-14(8-19(27)22(21)34-12-13-2-4-15(25)5-3-13)9-20-24(30)35-23(28-20)17-11-16(29(31)32)6-7-18(17)26/h2-11H,12H2,1H3/b20-9-. The topological polar surface area (TPSA) is 100 Å². The molecule has 1 aliphatic rings. The van der Waals surface area contributed by atoms with Crippen LogP contribution >= 0.6 is 45.8 Å². The van der Waals surface area contributed by atoms with Crippen molar-refractivity contribution in [3.8, 4) is 11.5 Å². The molecule has 0 amide bonds. The van der Waals surface area contributed by atoms with Crippen molar-refractivity contribution in [2.45, 2.75) is 6.61 Å². The zero-order chi connectivity index (χ0) is 25.1. The predicted octanol–water partition coefficient (Wildman–Crippen LogP) is 6.44. The van der Waals surface area contributed by atoms with E-state index in [4.69, 9.17) is 37.4 Å². The van der Waals surface area contributed by atoms with E-state index >= 15 is 0 Å². The van der Waals surface area contributed by atoms with Gasteiger partial charge < -0.3 is 14.2 Å². The highest BCUT2D eigenvalue weighted by Gasteiger charge is 2.27. The van der Waals surface area contributed by atoms with Gasteiger partial charge in [-0.3, -0.25) is 10.1 Å². The van der Waals surface area contributed by atoms with Crippen LogP contribution in [-0.2, 0) is 16.1 Å². The van der Waals surface area contributed by atoms with Crippen molar-refractivity contribution in [2.24, 2.45) is 4.99 Å². The van der Waals surface area contributed by atoms with Crippen LogP contribution in [0.2, 0.25) is 10.0 Å². The summed E-state index contributed by atoms with van der Waals surface area (Å²) in [6, 6.07) is 14.6. The van der Waals surface area contributed by atoms with Gasteiger partial charge in [0.05, 0.1) is 26.2 Å². The molecule has 0 spiro atoms. The van der Waals surface area contributed by atoms with Crippen molar-refractivity contribution in [1.82, 2.24) is 0 Å². The summed E-state index contributed by atoms with van der Waals surface area (Å²) in [5, 5.41) is 11.9. The Bertz CT molecular complexity index is 1390. The van der Waals surface area contributed by atoms with Crippen molar-refractivity contribution in [2.75, 3.05) is 7.11 Å². The van der Waals surface area contributed by atoms with Crippen LogP contribution in [-0.4, -0.2) is 23.9 Å². The quantitative estimate of drug-likeness (QED) is 0.0986. The number of esters is 1. The maximum absolute atomic E-state index is 12.4. The minimum Gasteiger partial charge on any atom is -0.493 e. The average molecular weight is 625 g/mol. The van der Waals surface area contributed by atoms with Crippen LogP contribution in [0.15, 0.2) is 65.3 Å². The molecule has 11 heteroatoms. The van der Waals surface area contributed by atoms with Gasteiger partial charge in [0.25, 0.3) is 5.69 Å². The van der Waals surface area contributed by atoms with Crippen LogP contribution in [0.5, 0.6) is 11.5 Å². The molecule has 3 aromatic rings. The first-order valence-corrected chi connectivity index (χ1v) is 11.8. The van der Waals surface area contributed by atoms with Gasteiger partial charge in [-0.05, 0) is 70.1 Å². The highest BCUT2D eigenvalue weighted by Crippen LogP contribution is 2.36. The number of methoxy groups -OCH3 is 1. The van der Waals surface area contributed by atoms with E-state index in [0.717, 1.165) is 9.13 Å². The van der Waals surface area contributed by atoms with E-state index in [1.54, 1.807) is 24.3 Å². The molecule has 1 heterocycles. The summed E-state index contributed by atoms with van der Waals surface area (Å²) in [6.45, 7) is 0.313. The number of benzene rings is 3. The Morgan fingerprint density at radius 1 is 1.14 bits per heavy atom. The summed E-state index contributed by atoms with van der Waals surface area (Å²) in [5.74, 6) is 0.195. The monoisotopic (exact) mass is 624 g/mol. The first-order valence-electron chi connectivity index (χ1n) is 9.97. The number of rotatable bonds is 7. The molecule has 0 aromatic heterocycles. The normalized spacial score (nSPS) is 14.0. The highest BCUT2D eigenvalue weighted by atomic mass is 127. The van der Waals surface area contributed by atoms with Crippen molar-refractivity contribution < 1.29 is 23.9 Å². The Kier molecular flexibility index (Phi) is 7.58. The number of nitro benzene ring substituents is 1. The number of carbonyl (C=O) groups excluding carboxylic acids is 1. The number of hydrogen-bond acceptors (Lipinski definition) is 7. The Labute approximate surface area is 223 Å². The number of carbonyl (C=O) groups is 1. The minimum absolute atomic E-state index is 0.00950. The van der Waals surface area contributed by atoms with Crippen LogP contribution in [0, 0.1) is 13.7 Å². The smallest absolute Gasteiger partial charge is 0.363 e. The lowest BCUT2D eigenvalue weighted by atomic mass is 10.1. The van der Waals surface area contributed by atoms with E-state index in [0.29, 0.717) is 28.7 Å². The number of nitro groups is 1. The summed E-state index contributed by atoms with van der Waals surface area (Å²) in [6.07, 6.45) is 1.52. The van der Waals surface area contributed by atoms with Gasteiger partial charge >= 0.3 is 5.97 Å².